The van der Waals surface area contributed by atoms with Gasteiger partial charge < -0.3 is 10.1 Å². The molecule has 38 heavy (non-hydrogen) atoms. The standard InChI is InChI=1S/C34H31BrN2O/c1-22-16-23(2)18-25(17-22)21-38-33-15-10-24(19-31(33)35)20-36-27-13-11-26(12-14-27)34-30-8-5-7-28(30)29-6-3-4-9-32(29)37-34/h3-7,9-20,28,30,34,37H,8,21H2,1-2H3/t28-,30-,34+/m1/s1. The van der Waals surface area contributed by atoms with Crippen LogP contribution >= 0.6 is 15.9 Å². The monoisotopic (exact) mass is 562 g/mol. The van der Waals surface area contributed by atoms with Gasteiger partial charge in [0.2, 0.25) is 0 Å². The van der Waals surface area contributed by atoms with Gasteiger partial charge in [-0.05, 0) is 101 Å². The summed E-state index contributed by atoms with van der Waals surface area (Å²) >= 11 is 3.66. The van der Waals surface area contributed by atoms with Crippen molar-refractivity contribution in [3.63, 3.8) is 0 Å². The minimum atomic E-state index is 0.301. The Bertz CT molecular complexity index is 1500. The Kier molecular flexibility index (Phi) is 6.90. The minimum Gasteiger partial charge on any atom is -0.488 e. The van der Waals surface area contributed by atoms with Crippen molar-refractivity contribution in [2.45, 2.75) is 38.8 Å². The van der Waals surface area contributed by atoms with E-state index >= 15 is 0 Å². The lowest BCUT2D eigenvalue weighted by atomic mass is 9.77. The van der Waals surface area contributed by atoms with Crippen molar-refractivity contribution in [2.75, 3.05) is 5.32 Å². The van der Waals surface area contributed by atoms with E-state index in [1.807, 2.05) is 24.4 Å². The van der Waals surface area contributed by atoms with Gasteiger partial charge in [0.05, 0.1) is 16.2 Å². The first-order valence-corrected chi connectivity index (χ1v) is 14.0. The largest absolute Gasteiger partial charge is 0.488 e. The summed E-state index contributed by atoms with van der Waals surface area (Å²) in [4.78, 5) is 4.73. The first-order chi connectivity index (χ1) is 18.5. The summed E-state index contributed by atoms with van der Waals surface area (Å²) in [7, 11) is 0. The molecule has 1 heterocycles. The van der Waals surface area contributed by atoms with Crippen LogP contribution in [-0.2, 0) is 6.61 Å². The highest BCUT2D eigenvalue weighted by molar-refractivity contribution is 9.10. The molecule has 0 fully saturated rings. The molecule has 3 nitrogen and oxygen atoms in total. The fourth-order valence-corrected chi connectivity index (χ4v) is 6.33. The van der Waals surface area contributed by atoms with Crippen LogP contribution in [0.2, 0.25) is 0 Å². The fraction of sp³-hybridized carbons (Fsp3) is 0.206. The van der Waals surface area contributed by atoms with Crippen molar-refractivity contribution >= 4 is 33.5 Å². The zero-order chi connectivity index (χ0) is 26.1. The Labute approximate surface area is 233 Å². The van der Waals surface area contributed by atoms with Gasteiger partial charge in [0.15, 0.2) is 0 Å². The summed E-state index contributed by atoms with van der Waals surface area (Å²) in [5, 5.41) is 3.80. The summed E-state index contributed by atoms with van der Waals surface area (Å²) in [5.74, 6) is 1.86. The summed E-state index contributed by atoms with van der Waals surface area (Å²) in [5.41, 5.74) is 9.61. The quantitative estimate of drug-likeness (QED) is 0.187. The van der Waals surface area contributed by atoms with Gasteiger partial charge in [-0.3, -0.25) is 4.99 Å². The third-order valence-corrected chi connectivity index (χ3v) is 8.14. The number of hydrogen-bond acceptors (Lipinski definition) is 3. The predicted molar refractivity (Wildman–Crippen MR) is 161 cm³/mol. The van der Waals surface area contributed by atoms with Crippen LogP contribution in [0.25, 0.3) is 0 Å². The Hall–Kier alpha value is -3.63. The van der Waals surface area contributed by atoms with Gasteiger partial charge in [-0.15, -0.1) is 0 Å². The molecule has 0 spiro atoms. The highest BCUT2D eigenvalue weighted by Gasteiger charge is 2.37. The average molecular weight is 564 g/mol. The number of aliphatic imine (C=N–C) groups is 1. The van der Waals surface area contributed by atoms with E-state index in [0.717, 1.165) is 27.9 Å². The zero-order valence-electron chi connectivity index (χ0n) is 21.7. The number of allylic oxidation sites excluding steroid dienone is 2. The summed E-state index contributed by atoms with van der Waals surface area (Å²) in [6.45, 7) is 4.77. The van der Waals surface area contributed by atoms with Crippen molar-refractivity contribution in [3.8, 4) is 5.75 Å². The van der Waals surface area contributed by atoms with Gasteiger partial charge >= 0.3 is 0 Å². The van der Waals surface area contributed by atoms with E-state index in [0.29, 0.717) is 24.5 Å². The van der Waals surface area contributed by atoms with Crippen molar-refractivity contribution in [1.29, 1.82) is 0 Å². The van der Waals surface area contributed by atoms with E-state index in [1.165, 1.54) is 33.5 Å². The van der Waals surface area contributed by atoms with Crippen LogP contribution in [0, 0.1) is 19.8 Å². The Morgan fingerprint density at radius 1 is 0.947 bits per heavy atom. The predicted octanol–water partition coefficient (Wildman–Crippen LogP) is 9.22. The van der Waals surface area contributed by atoms with Crippen molar-refractivity contribution in [3.05, 3.63) is 135 Å². The summed E-state index contributed by atoms with van der Waals surface area (Å²) < 4.78 is 6.99. The molecule has 0 unspecified atom stereocenters. The number of nitrogens with one attached hydrogen (secondary N) is 1. The molecule has 0 radical (unpaired) electrons. The fourth-order valence-electron chi connectivity index (χ4n) is 5.82. The Balaban J connectivity index is 1.12. The van der Waals surface area contributed by atoms with Crippen LogP contribution < -0.4 is 10.1 Å². The lowest BCUT2D eigenvalue weighted by molar-refractivity contribution is 0.304. The maximum absolute atomic E-state index is 6.07. The second kappa shape index (κ2) is 10.6. The normalized spacial score (nSPS) is 19.7. The van der Waals surface area contributed by atoms with Crippen LogP contribution in [-0.4, -0.2) is 6.21 Å². The molecule has 190 valence electrons. The van der Waals surface area contributed by atoms with Crippen LogP contribution in [0.15, 0.2) is 107 Å². The first kappa shape index (κ1) is 24.7. The van der Waals surface area contributed by atoms with Crippen LogP contribution in [0.5, 0.6) is 5.75 Å². The number of rotatable bonds is 6. The van der Waals surface area contributed by atoms with Gasteiger partial charge in [0, 0.05) is 17.8 Å². The van der Waals surface area contributed by atoms with Gasteiger partial charge in [-0.1, -0.05) is 71.8 Å². The Morgan fingerprint density at radius 3 is 2.53 bits per heavy atom. The highest BCUT2D eigenvalue weighted by Crippen LogP contribution is 2.49. The molecule has 1 aliphatic carbocycles. The number of hydrogen-bond donors (Lipinski definition) is 1. The second-order valence-electron chi connectivity index (χ2n) is 10.4. The van der Waals surface area contributed by atoms with Gasteiger partial charge in [0.25, 0.3) is 0 Å². The number of fused-ring (bicyclic) bond motifs is 3. The topological polar surface area (TPSA) is 33.6 Å². The molecular weight excluding hydrogens is 532 g/mol. The van der Waals surface area contributed by atoms with E-state index in [4.69, 9.17) is 9.73 Å². The number of benzene rings is 4. The van der Waals surface area contributed by atoms with E-state index in [9.17, 15) is 0 Å². The van der Waals surface area contributed by atoms with E-state index in [-0.39, 0.29) is 0 Å². The maximum atomic E-state index is 6.07. The molecule has 0 amide bonds. The number of para-hydroxylation sites is 1. The minimum absolute atomic E-state index is 0.301. The number of anilines is 1. The van der Waals surface area contributed by atoms with Crippen molar-refractivity contribution < 1.29 is 4.74 Å². The molecule has 4 aromatic carbocycles. The number of ether oxygens (including phenoxy) is 1. The zero-order valence-corrected chi connectivity index (χ0v) is 23.3. The van der Waals surface area contributed by atoms with Gasteiger partial charge in [0.1, 0.15) is 12.4 Å². The molecule has 3 atom stereocenters. The molecule has 4 heteroatoms. The van der Waals surface area contributed by atoms with E-state index in [1.54, 1.807) is 0 Å². The van der Waals surface area contributed by atoms with Crippen LogP contribution in [0.3, 0.4) is 0 Å². The molecule has 1 N–H and O–H groups in total. The number of nitrogens with zero attached hydrogens (tertiary/aromatic N) is 1. The average Bonchev–Trinajstić information content (AvgIpc) is 3.41. The third-order valence-electron chi connectivity index (χ3n) is 7.52. The smallest absolute Gasteiger partial charge is 0.134 e. The van der Waals surface area contributed by atoms with Gasteiger partial charge in [-0.2, -0.15) is 0 Å². The molecule has 0 bridgehead atoms. The molecular formula is C34H31BrN2O. The van der Waals surface area contributed by atoms with E-state index in [2.05, 4.69) is 114 Å². The lowest BCUT2D eigenvalue weighted by Gasteiger charge is -2.37. The molecule has 0 saturated heterocycles. The van der Waals surface area contributed by atoms with Crippen molar-refractivity contribution in [1.82, 2.24) is 0 Å². The molecule has 0 aromatic heterocycles. The van der Waals surface area contributed by atoms with Gasteiger partial charge in [-0.25, -0.2) is 0 Å². The molecule has 6 rings (SSSR count). The molecule has 2 aliphatic rings. The van der Waals surface area contributed by atoms with Crippen LogP contribution in [0.1, 0.15) is 51.8 Å². The summed E-state index contributed by atoms with van der Waals surface area (Å²) in [6, 6.07) is 30.3. The molecule has 1 aliphatic heterocycles. The summed E-state index contributed by atoms with van der Waals surface area (Å²) in [6.07, 6.45) is 7.73. The van der Waals surface area contributed by atoms with Crippen LogP contribution in [0.4, 0.5) is 11.4 Å². The molecule has 4 aromatic rings. The molecule has 0 saturated carbocycles. The highest BCUT2D eigenvalue weighted by atomic mass is 79.9. The lowest BCUT2D eigenvalue weighted by Crippen LogP contribution is -2.28. The SMILES string of the molecule is Cc1cc(C)cc(COc2ccc(C=Nc3ccc([C@@H]4Nc5ccccc5[C@H]5C=CC[C@H]54)cc3)cc2Br)c1. The maximum Gasteiger partial charge on any atom is 0.134 e. The Morgan fingerprint density at radius 2 is 1.74 bits per heavy atom. The second-order valence-corrected chi connectivity index (χ2v) is 11.2. The first-order valence-electron chi connectivity index (χ1n) is 13.2. The number of aryl methyl sites for hydroxylation is 2. The number of halogens is 1. The third kappa shape index (κ3) is 5.19. The van der Waals surface area contributed by atoms with E-state index < -0.39 is 0 Å². The van der Waals surface area contributed by atoms with Crippen molar-refractivity contribution in [2.24, 2.45) is 10.9 Å².